The Morgan fingerprint density at radius 1 is 1.06 bits per heavy atom. The Kier molecular flexibility index (Phi) is 2.64. The number of hydrogen-bond donors (Lipinski definition) is 1. The van der Waals surface area contributed by atoms with E-state index in [1.165, 1.54) is 23.6 Å². The van der Waals surface area contributed by atoms with Crippen molar-refractivity contribution in [2.24, 2.45) is 11.8 Å². The molecule has 2 aromatic carbocycles. The van der Waals surface area contributed by atoms with Crippen LogP contribution in [0.15, 0.2) is 42.5 Å². The normalized spacial score (nSPS) is 19.2. The van der Waals surface area contributed by atoms with E-state index in [9.17, 15) is 5.11 Å². The van der Waals surface area contributed by atoms with Crippen molar-refractivity contribution in [3.05, 3.63) is 48.0 Å². The van der Waals surface area contributed by atoms with E-state index < -0.39 is 0 Å². The molecule has 2 unspecified atom stereocenters. The third-order valence-corrected chi connectivity index (χ3v) is 4.01. The van der Waals surface area contributed by atoms with Gasteiger partial charge in [-0.1, -0.05) is 49.4 Å². The molecule has 1 heteroatoms. The highest BCUT2D eigenvalue weighted by Crippen LogP contribution is 2.43. The molecule has 0 saturated heterocycles. The maximum Gasteiger partial charge on any atom is 0.0824 e. The third-order valence-electron chi connectivity index (χ3n) is 4.01. The van der Waals surface area contributed by atoms with Crippen molar-refractivity contribution < 1.29 is 5.11 Å². The molecule has 1 saturated carbocycles. The van der Waals surface area contributed by atoms with Gasteiger partial charge in [-0.3, -0.25) is 0 Å². The van der Waals surface area contributed by atoms with Crippen LogP contribution in [0.3, 0.4) is 0 Å². The van der Waals surface area contributed by atoms with Gasteiger partial charge in [-0.05, 0) is 41.0 Å². The summed E-state index contributed by atoms with van der Waals surface area (Å²) < 4.78 is 0. The molecule has 0 radical (unpaired) electrons. The van der Waals surface area contributed by atoms with Crippen LogP contribution in [-0.4, -0.2) is 5.11 Å². The quantitative estimate of drug-likeness (QED) is 0.841. The zero-order valence-corrected chi connectivity index (χ0v) is 10.1. The summed E-state index contributed by atoms with van der Waals surface area (Å²) in [5.41, 5.74) is 1.09. The van der Waals surface area contributed by atoms with Gasteiger partial charge in [0.25, 0.3) is 0 Å². The molecule has 1 fully saturated rings. The van der Waals surface area contributed by atoms with Crippen molar-refractivity contribution in [3.8, 4) is 0 Å². The molecule has 0 aromatic heterocycles. The zero-order chi connectivity index (χ0) is 11.8. The summed E-state index contributed by atoms with van der Waals surface area (Å²) in [7, 11) is 0. The molecule has 88 valence electrons. The summed E-state index contributed by atoms with van der Waals surface area (Å²) in [5.74, 6) is 1.10. The van der Waals surface area contributed by atoms with Crippen molar-refractivity contribution in [1.82, 2.24) is 0 Å². The Labute approximate surface area is 102 Å². The first-order valence-electron chi connectivity index (χ1n) is 6.43. The number of aliphatic hydroxyl groups is 1. The second-order valence-corrected chi connectivity index (χ2v) is 5.21. The van der Waals surface area contributed by atoms with Crippen molar-refractivity contribution in [2.75, 3.05) is 0 Å². The topological polar surface area (TPSA) is 20.2 Å². The highest BCUT2D eigenvalue weighted by molar-refractivity contribution is 5.85. The van der Waals surface area contributed by atoms with Gasteiger partial charge in [-0.15, -0.1) is 0 Å². The molecule has 3 rings (SSSR count). The van der Waals surface area contributed by atoms with Crippen LogP contribution in [0.25, 0.3) is 10.8 Å². The largest absolute Gasteiger partial charge is 0.388 e. The monoisotopic (exact) mass is 226 g/mol. The number of hydrogen-bond acceptors (Lipinski definition) is 1. The van der Waals surface area contributed by atoms with E-state index in [0.29, 0.717) is 5.92 Å². The highest BCUT2D eigenvalue weighted by Gasteiger charge is 2.33. The molecule has 1 N–H and O–H groups in total. The predicted molar refractivity (Wildman–Crippen MR) is 70.8 cm³/mol. The fourth-order valence-electron chi connectivity index (χ4n) is 2.67. The average molecular weight is 226 g/mol. The van der Waals surface area contributed by atoms with Crippen LogP contribution in [-0.2, 0) is 0 Å². The standard InChI is InChI=1S/C16H18O/c1-11(12-9-10-12)16(17)15-8-4-6-13-5-2-3-7-14(13)15/h2-8,11-12,16-17H,9-10H2,1H3. The Balaban J connectivity index is 2.03. The molecule has 0 spiro atoms. The molecule has 0 aliphatic heterocycles. The van der Waals surface area contributed by atoms with E-state index in [4.69, 9.17) is 0 Å². The van der Waals surface area contributed by atoms with Gasteiger partial charge in [0.15, 0.2) is 0 Å². The molecule has 2 aromatic rings. The summed E-state index contributed by atoms with van der Waals surface area (Å²) in [6.45, 7) is 2.17. The predicted octanol–water partition coefficient (Wildman–Crippen LogP) is 3.92. The second-order valence-electron chi connectivity index (χ2n) is 5.21. The van der Waals surface area contributed by atoms with Gasteiger partial charge in [-0.25, -0.2) is 0 Å². The fourth-order valence-corrected chi connectivity index (χ4v) is 2.67. The zero-order valence-electron chi connectivity index (χ0n) is 10.1. The molecular weight excluding hydrogens is 208 g/mol. The van der Waals surface area contributed by atoms with E-state index >= 15 is 0 Å². The summed E-state index contributed by atoms with van der Waals surface area (Å²) in [4.78, 5) is 0. The van der Waals surface area contributed by atoms with E-state index in [-0.39, 0.29) is 6.10 Å². The van der Waals surface area contributed by atoms with Crippen LogP contribution in [0.4, 0.5) is 0 Å². The lowest BCUT2D eigenvalue weighted by Crippen LogP contribution is -2.11. The van der Waals surface area contributed by atoms with Crippen LogP contribution in [0, 0.1) is 11.8 Å². The molecule has 0 heterocycles. The Morgan fingerprint density at radius 2 is 1.76 bits per heavy atom. The van der Waals surface area contributed by atoms with E-state index in [0.717, 1.165) is 11.5 Å². The SMILES string of the molecule is CC(C1CC1)C(O)c1cccc2ccccc12. The van der Waals surface area contributed by atoms with Gasteiger partial charge in [-0.2, -0.15) is 0 Å². The maximum absolute atomic E-state index is 10.5. The minimum Gasteiger partial charge on any atom is -0.388 e. The highest BCUT2D eigenvalue weighted by atomic mass is 16.3. The number of fused-ring (bicyclic) bond motifs is 1. The lowest BCUT2D eigenvalue weighted by atomic mass is 9.90. The molecule has 1 aliphatic rings. The first-order valence-corrected chi connectivity index (χ1v) is 6.43. The van der Waals surface area contributed by atoms with Gasteiger partial charge in [0.05, 0.1) is 6.10 Å². The van der Waals surface area contributed by atoms with E-state index in [1.807, 2.05) is 18.2 Å². The molecule has 0 bridgehead atoms. The van der Waals surface area contributed by atoms with E-state index in [2.05, 4.69) is 31.2 Å². The lowest BCUT2D eigenvalue weighted by molar-refractivity contribution is 0.107. The van der Waals surface area contributed by atoms with E-state index in [1.54, 1.807) is 0 Å². The first kappa shape index (κ1) is 10.8. The summed E-state index contributed by atoms with van der Waals surface area (Å²) >= 11 is 0. The molecule has 2 atom stereocenters. The summed E-state index contributed by atoms with van der Waals surface area (Å²) in [6, 6.07) is 14.5. The molecule has 17 heavy (non-hydrogen) atoms. The van der Waals surface area contributed by atoms with Crippen LogP contribution < -0.4 is 0 Å². The van der Waals surface area contributed by atoms with Crippen LogP contribution in [0.2, 0.25) is 0 Å². The van der Waals surface area contributed by atoms with Crippen LogP contribution >= 0.6 is 0 Å². The van der Waals surface area contributed by atoms with Crippen LogP contribution in [0.1, 0.15) is 31.4 Å². The number of benzene rings is 2. The molecular formula is C16H18O. The smallest absolute Gasteiger partial charge is 0.0824 e. The fraction of sp³-hybridized carbons (Fsp3) is 0.375. The molecule has 1 nitrogen and oxygen atoms in total. The molecule has 0 amide bonds. The number of rotatable bonds is 3. The first-order chi connectivity index (χ1) is 8.27. The van der Waals surface area contributed by atoms with Gasteiger partial charge >= 0.3 is 0 Å². The Morgan fingerprint density at radius 3 is 2.53 bits per heavy atom. The van der Waals surface area contributed by atoms with Crippen molar-refractivity contribution in [1.29, 1.82) is 0 Å². The summed E-state index contributed by atoms with van der Waals surface area (Å²) in [6.07, 6.45) is 2.24. The summed E-state index contributed by atoms with van der Waals surface area (Å²) in [5, 5.41) is 12.9. The third kappa shape index (κ3) is 1.96. The second kappa shape index (κ2) is 4.15. The Bertz CT molecular complexity index is 523. The van der Waals surface area contributed by atoms with Gasteiger partial charge in [0.1, 0.15) is 0 Å². The van der Waals surface area contributed by atoms with Crippen molar-refractivity contribution >= 4 is 10.8 Å². The van der Waals surface area contributed by atoms with Gasteiger partial charge in [0.2, 0.25) is 0 Å². The average Bonchev–Trinajstić information content (AvgIpc) is 3.20. The van der Waals surface area contributed by atoms with Crippen LogP contribution in [0.5, 0.6) is 0 Å². The van der Waals surface area contributed by atoms with Crippen molar-refractivity contribution in [3.63, 3.8) is 0 Å². The lowest BCUT2D eigenvalue weighted by Gasteiger charge is -2.20. The van der Waals surface area contributed by atoms with Gasteiger partial charge in [0, 0.05) is 0 Å². The maximum atomic E-state index is 10.5. The van der Waals surface area contributed by atoms with Gasteiger partial charge < -0.3 is 5.11 Å². The number of aliphatic hydroxyl groups excluding tert-OH is 1. The van der Waals surface area contributed by atoms with Crippen molar-refractivity contribution in [2.45, 2.75) is 25.9 Å². The Hall–Kier alpha value is -1.34. The minimum atomic E-state index is -0.325. The minimum absolute atomic E-state index is 0.325. The molecule has 1 aliphatic carbocycles.